The lowest BCUT2D eigenvalue weighted by Gasteiger charge is -2.53. The molecule has 0 saturated heterocycles. The van der Waals surface area contributed by atoms with E-state index in [9.17, 15) is 20.4 Å². The molecule has 176 valence electrons. The molecule has 4 nitrogen and oxygen atoms in total. The molecule has 3 saturated carbocycles. The van der Waals surface area contributed by atoms with Gasteiger partial charge in [-0.1, -0.05) is 50.6 Å². The first kappa shape index (κ1) is 24.7. The topological polar surface area (TPSA) is 80.9 Å². The van der Waals surface area contributed by atoms with Gasteiger partial charge in [-0.25, -0.2) is 0 Å². The highest BCUT2D eigenvalue weighted by Crippen LogP contribution is 2.63. The summed E-state index contributed by atoms with van der Waals surface area (Å²) < 4.78 is 0. The Hall–Kier alpha value is -0.940. The van der Waals surface area contributed by atoms with Crippen LogP contribution in [-0.4, -0.2) is 43.8 Å². The Morgan fingerprint density at radius 1 is 1.19 bits per heavy atom. The normalized spacial score (nSPS) is 39.7. The zero-order chi connectivity index (χ0) is 23.0. The molecule has 4 heteroatoms. The van der Waals surface area contributed by atoms with Gasteiger partial charge in [-0.2, -0.15) is 0 Å². The Kier molecular flexibility index (Phi) is 7.27. The van der Waals surface area contributed by atoms with E-state index in [-0.39, 0.29) is 18.4 Å². The van der Waals surface area contributed by atoms with Crippen molar-refractivity contribution in [2.75, 3.05) is 0 Å². The average Bonchev–Trinajstić information content (AvgIpc) is 2.94. The number of hydrogen-bond acceptors (Lipinski definition) is 4. The van der Waals surface area contributed by atoms with Crippen LogP contribution in [0.15, 0.2) is 35.5 Å². The fourth-order valence-electron chi connectivity index (χ4n) is 6.79. The molecule has 3 aliphatic rings. The molecule has 3 fully saturated rings. The zero-order valence-electron chi connectivity index (χ0n) is 20.0. The highest BCUT2D eigenvalue weighted by molar-refractivity contribution is 5.37. The van der Waals surface area contributed by atoms with Crippen molar-refractivity contribution in [2.45, 2.75) is 115 Å². The highest BCUT2D eigenvalue weighted by atomic mass is 16.4. The van der Waals surface area contributed by atoms with Crippen LogP contribution in [0.3, 0.4) is 0 Å². The second kappa shape index (κ2) is 9.13. The number of rotatable bonds is 6. The van der Waals surface area contributed by atoms with E-state index < -0.39 is 22.7 Å². The van der Waals surface area contributed by atoms with Crippen LogP contribution >= 0.6 is 0 Å². The third kappa shape index (κ3) is 4.73. The van der Waals surface area contributed by atoms with Crippen LogP contribution < -0.4 is 0 Å². The van der Waals surface area contributed by atoms with Crippen molar-refractivity contribution < 1.29 is 20.4 Å². The largest absolute Gasteiger partial charge is 0.393 e. The summed E-state index contributed by atoms with van der Waals surface area (Å²) >= 11 is 0. The van der Waals surface area contributed by atoms with Gasteiger partial charge in [0.05, 0.1) is 23.4 Å². The maximum atomic E-state index is 11.9. The Morgan fingerprint density at radius 2 is 1.90 bits per heavy atom. The molecular weight excluding hydrogens is 388 g/mol. The van der Waals surface area contributed by atoms with Gasteiger partial charge in [0.25, 0.3) is 0 Å². The summed E-state index contributed by atoms with van der Waals surface area (Å²) in [6.07, 6.45) is 10.8. The first-order valence-corrected chi connectivity index (χ1v) is 12.3. The first-order chi connectivity index (χ1) is 14.4. The molecule has 0 amide bonds. The lowest BCUT2D eigenvalue weighted by atomic mass is 9.57. The van der Waals surface area contributed by atoms with Crippen LogP contribution in [0.25, 0.3) is 0 Å². The SMILES string of the molecule is C=C1CC[C@@H](O)C/C1=C/C=C1\CCC[C@@]2(C)[C@H]1CC[C@]2(O)[C@@](C)(O)CC(O)CC(C)C. The van der Waals surface area contributed by atoms with E-state index in [4.69, 9.17) is 0 Å². The minimum atomic E-state index is -1.34. The van der Waals surface area contributed by atoms with Crippen molar-refractivity contribution in [3.63, 3.8) is 0 Å². The average molecular weight is 433 g/mol. The maximum absolute atomic E-state index is 11.9. The van der Waals surface area contributed by atoms with Gasteiger partial charge in [-0.3, -0.25) is 0 Å². The molecule has 31 heavy (non-hydrogen) atoms. The van der Waals surface area contributed by atoms with Crippen LogP contribution in [0.4, 0.5) is 0 Å². The predicted octanol–water partition coefficient (Wildman–Crippen LogP) is 4.82. The number of fused-ring (bicyclic) bond motifs is 1. The predicted molar refractivity (Wildman–Crippen MR) is 125 cm³/mol. The molecule has 0 aromatic carbocycles. The molecule has 0 radical (unpaired) electrons. The van der Waals surface area contributed by atoms with Gasteiger partial charge in [0.2, 0.25) is 0 Å². The second-order valence-corrected chi connectivity index (χ2v) is 11.4. The van der Waals surface area contributed by atoms with Crippen molar-refractivity contribution in [2.24, 2.45) is 17.3 Å². The molecule has 0 aliphatic heterocycles. The summed E-state index contributed by atoms with van der Waals surface area (Å²) in [4.78, 5) is 0. The van der Waals surface area contributed by atoms with Gasteiger partial charge in [0.1, 0.15) is 0 Å². The summed E-state index contributed by atoms with van der Waals surface area (Å²) in [6.45, 7) is 12.2. The summed E-state index contributed by atoms with van der Waals surface area (Å²) in [5.41, 5.74) is 0.609. The van der Waals surface area contributed by atoms with Crippen molar-refractivity contribution in [1.82, 2.24) is 0 Å². The standard InChI is InChI=1S/C27H44O4/c1-18(2)15-23(29)17-26(5,30)27(31)14-12-24-20(7-6-13-25(24,27)4)9-10-21-16-22(28)11-8-19(21)3/h9-10,18,22-24,28-31H,3,6-8,11-17H2,1-2,4-5H3/b20-9+,21-10-/t22-,23?,24+,25+,26+,27-/m1/s1. The van der Waals surface area contributed by atoms with Crippen molar-refractivity contribution in [3.8, 4) is 0 Å². The number of aliphatic hydroxyl groups excluding tert-OH is 2. The summed E-state index contributed by atoms with van der Waals surface area (Å²) in [5.74, 6) is 0.566. The van der Waals surface area contributed by atoms with Crippen LogP contribution in [0, 0.1) is 17.3 Å². The lowest BCUT2D eigenvalue weighted by molar-refractivity contribution is -0.211. The molecule has 0 bridgehead atoms. The van der Waals surface area contributed by atoms with E-state index in [0.29, 0.717) is 25.2 Å². The van der Waals surface area contributed by atoms with E-state index in [1.165, 1.54) is 5.57 Å². The third-order valence-electron chi connectivity index (χ3n) is 8.57. The van der Waals surface area contributed by atoms with E-state index in [1.807, 2.05) is 0 Å². The molecule has 4 N–H and O–H groups in total. The van der Waals surface area contributed by atoms with Crippen molar-refractivity contribution >= 4 is 0 Å². The maximum Gasteiger partial charge on any atom is 0.0990 e. The quantitative estimate of drug-likeness (QED) is 0.485. The Bertz CT molecular complexity index is 734. The summed E-state index contributed by atoms with van der Waals surface area (Å²) in [5, 5.41) is 43.9. The van der Waals surface area contributed by atoms with Crippen LogP contribution in [-0.2, 0) is 0 Å². The minimum Gasteiger partial charge on any atom is -0.393 e. The molecule has 0 aromatic rings. The highest BCUT2D eigenvalue weighted by Gasteiger charge is 2.65. The molecule has 6 atom stereocenters. The van der Waals surface area contributed by atoms with Gasteiger partial charge in [-0.05, 0) is 82.1 Å². The fourth-order valence-corrected chi connectivity index (χ4v) is 6.79. The van der Waals surface area contributed by atoms with E-state index in [1.54, 1.807) is 6.92 Å². The van der Waals surface area contributed by atoms with Crippen molar-refractivity contribution in [1.29, 1.82) is 0 Å². The van der Waals surface area contributed by atoms with Gasteiger partial charge < -0.3 is 20.4 Å². The minimum absolute atomic E-state index is 0.199. The van der Waals surface area contributed by atoms with Gasteiger partial charge >= 0.3 is 0 Å². The molecule has 3 rings (SSSR count). The number of aliphatic hydroxyl groups is 4. The van der Waals surface area contributed by atoms with Crippen LogP contribution in [0.5, 0.6) is 0 Å². The monoisotopic (exact) mass is 432 g/mol. The van der Waals surface area contributed by atoms with Gasteiger partial charge in [-0.15, -0.1) is 0 Å². The third-order valence-corrected chi connectivity index (χ3v) is 8.57. The molecule has 1 unspecified atom stereocenters. The molecule has 3 aliphatic carbocycles. The Labute approximate surface area is 188 Å². The Balaban J connectivity index is 1.84. The van der Waals surface area contributed by atoms with Gasteiger partial charge in [0.15, 0.2) is 0 Å². The smallest absolute Gasteiger partial charge is 0.0990 e. The van der Waals surface area contributed by atoms with Crippen LogP contribution in [0.2, 0.25) is 0 Å². The van der Waals surface area contributed by atoms with Gasteiger partial charge in [0, 0.05) is 11.8 Å². The summed E-state index contributed by atoms with van der Waals surface area (Å²) in [6, 6.07) is 0. The molecule has 0 heterocycles. The van der Waals surface area contributed by atoms with E-state index >= 15 is 0 Å². The number of allylic oxidation sites excluding steroid dienone is 4. The zero-order valence-corrected chi connectivity index (χ0v) is 20.0. The lowest BCUT2D eigenvalue weighted by Crippen LogP contribution is -2.62. The fraction of sp³-hybridized carbons (Fsp3) is 0.778. The summed E-state index contributed by atoms with van der Waals surface area (Å²) in [7, 11) is 0. The van der Waals surface area contributed by atoms with E-state index in [0.717, 1.165) is 49.7 Å². The molecule has 0 aromatic heterocycles. The number of hydrogen-bond donors (Lipinski definition) is 4. The first-order valence-electron chi connectivity index (χ1n) is 12.3. The van der Waals surface area contributed by atoms with Crippen LogP contribution in [0.1, 0.15) is 91.9 Å². The van der Waals surface area contributed by atoms with Crippen molar-refractivity contribution in [3.05, 3.63) is 35.5 Å². The second-order valence-electron chi connectivity index (χ2n) is 11.4. The van der Waals surface area contributed by atoms with E-state index in [2.05, 4.69) is 39.5 Å². The molecule has 0 spiro atoms. The molecular formula is C27H44O4. The Morgan fingerprint density at radius 3 is 2.58 bits per heavy atom.